The molecule has 0 N–H and O–H groups in total. The molecule has 11 aromatic carbocycles. The van der Waals surface area contributed by atoms with Crippen LogP contribution in [0.15, 0.2) is 247 Å². The fraction of sp³-hybridized carbons (Fsp3) is 0.0959. The zero-order chi connectivity index (χ0) is 52.0. The van der Waals surface area contributed by atoms with E-state index in [1.807, 2.05) is 0 Å². The summed E-state index contributed by atoms with van der Waals surface area (Å²) in [6, 6.07) is 90.5. The molecule has 13 aromatic rings. The van der Waals surface area contributed by atoms with E-state index in [2.05, 4.69) is 285 Å². The summed E-state index contributed by atoms with van der Waals surface area (Å²) in [4.78, 5) is 5.10. The molecule has 0 bridgehead atoms. The zero-order valence-corrected chi connectivity index (χ0v) is 44.1. The van der Waals surface area contributed by atoms with E-state index in [-0.39, 0.29) is 17.5 Å². The van der Waals surface area contributed by atoms with Gasteiger partial charge in [0.1, 0.15) is 11.2 Å². The number of rotatable bonds is 6. The number of hydrogen-bond donors (Lipinski definition) is 0. The largest absolute Gasteiger partial charge is 0.456 e. The van der Waals surface area contributed by atoms with E-state index in [0.29, 0.717) is 0 Å². The fourth-order valence-electron chi connectivity index (χ4n) is 14.3. The van der Waals surface area contributed by atoms with Crippen LogP contribution in [0.2, 0.25) is 0 Å². The number of furan rings is 1. The lowest BCUT2D eigenvalue weighted by atomic mass is 9.33. The van der Waals surface area contributed by atoms with Crippen LogP contribution in [0.25, 0.3) is 82.8 Å². The molecule has 0 unspecified atom stereocenters. The van der Waals surface area contributed by atoms with Crippen LogP contribution in [0.5, 0.6) is 0 Å². The molecule has 78 heavy (non-hydrogen) atoms. The third-order valence-corrected chi connectivity index (χ3v) is 17.5. The minimum absolute atomic E-state index is 0.0948. The van der Waals surface area contributed by atoms with Gasteiger partial charge >= 0.3 is 0 Å². The van der Waals surface area contributed by atoms with Crippen molar-refractivity contribution in [3.8, 4) is 39.1 Å². The quantitative estimate of drug-likeness (QED) is 0.155. The second-order valence-electron chi connectivity index (χ2n) is 23.2. The van der Waals surface area contributed by atoms with Gasteiger partial charge in [0.25, 0.3) is 6.71 Å². The van der Waals surface area contributed by atoms with Crippen LogP contribution in [0, 0.1) is 0 Å². The van der Waals surface area contributed by atoms with Crippen LogP contribution < -0.4 is 26.2 Å². The van der Waals surface area contributed by atoms with Gasteiger partial charge in [0.05, 0.1) is 16.7 Å². The van der Waals surface area contributed by atoms with Crippen molar-refractivity contribution >= 4 is 101 Å². The molecule has 5 heteroatoms. The monoisotopic (exact) mass is 999 g/mol. The van der Waals surface area contributed by atoms with E-state index in [9.17, 15) is 0 Å². The Bertz CT molecular complexity index is 4550. The van der Waals surface area contributed by atoms with Crippen molar-refractivity contribution in [3.05, 3.63) is 254 Å². The van der Waals surface area contributed by atoms with E-state index >= 15 is 0 Å². The number of anilines is 6. The Morgan fingerprint density at radius 3 is 1.45 bits per heavy atom. The Labute approximate surface area is 455 Å². The third-order valence-electron chi connectivity index (χ3n) is 17.5. The highest BCUT2D eigenvalue weighted by Gasteiger charge is 2.45. The smallest absolute Gasteiger partial charge is 0.252 e. The molecule has 2 aromatic heterocycles. The molecule has 0 amide bonds. The van der Waals surface area contributed by atoms with Crippen LogP contribution in [0.1, 0.15) is 45.2 Å². The summed E-state index contributed by atoms with van der Waals surface area (Å²) in [6.07, 6.45) is 1.14. The number of benzene rings is 11. The fourth-order valence-corrected chi connectivity index (χ4v) is 14.3. The molecule has 1 aliphatic carbocycles. The molecule has 0 saturated carbocycles. The van der Waals surface area contributed by atoms with Crippen molar-refractivity contribution in [2.24, 2.45) is 0 Å². The van der Waals surface area contributed by atoms with Gasteiger partial charge in [-0.2, -0.15) is 0 Å². The molecule has 0 atom stereocenters. The van der Waals surface area contributed by atoms with Gasteiger partial charge in [-0.05, 0) is 145 Å². The maximum atomic E-state index is 6.72. The molecule has 0 spiro atoms. The number of para-hydroxylation sites is 3. The average molecular weight is 1000 g/mol. The maximum absolute atomic E-state index is 6.72. The second kappa shape index (κ2) is 16.6. The van der Waals surface area contributed by atoms with Gasteiger partial charge in [0.15, 0.2) is 0 Å². The van der Waals surface area contributed by atoms with Crippen molar-refractivity contribution in [1.29, 1.82) is 0 Å². The first kappa shape index (κ1) is 44.9. The van der Waals surface area contributed by atoms with Gasteiger partial charge in [0.2, 0.25) is 0 Å². The van der Waals surface area contributed by atoms with Crippen LogP contribution in [-0.2, 0) is 10.8 Å². The SMILES string of the molecule is CC1(C)CC(C)(C)c2cc(-c3ccc(N4c5cc(-c6ccccc6)ccc5B5c6ccc(-c7ccccc7)cc6N(c6ccc7c(c6)oc6ccccc67)c6cc(-n7c8ccccc8c8ccccc87)cc4c65)cc3)ccc21. The van der Waals surface area contributed by atoms with Gasteiger partial charge in [-0.25, -0.2) is 0 Å². The predicted octanol–water partition coefficient (Wildman–Crippen LogP) is 17.7. The Morgan fingerprint density at radius 1 is 0.346 bits per heavy atom. The van der Waals surface area contributed by atoms with E-state index in [0.717, 1.165) is 62.5 Å². The molecule has 4 heterocycles. The molecule has 16 rings (SSSR count). The molecule has 3 aliphatic rings. The summed E-state index contributed by atoms with van der Waals surface area (Å²) in [7, 11) is 0. The normalized spacial score (nSPS) is 14.7. The number of hydrogen-bond acceptors (Lipinski definition) is 3. The van der Waals surface area contributed by atoms with Crippen LogP contribution >= 0.6 is 0 Å². The molecule has 370 valence electrons. The Morgan fingerprint density at radius 2 is 0.821 bits per heavy atom. The van der Waals surface area contributed by atoms with E-state index in [1.165, 1.54) is 88.4 Å². The molecule has 0 fully saturated rings. The van der Waals surface area contributed by atoms with Crippen LogP contribution in [0.3, 0.4) is 0 Å². The second-order valence-corrected chi connectivity index (χ2v) is 23.2. The van der Waals surface area contributed by atoms with Crippen molar-refractivity contribution in [1.82, 2.24) is 4.57 Å². The highest BCUT2D eigenvalue weighted by molar-refractivity contribution is 7.00. The summed E-state index contributed by atoms with van der Waals surface area (Å²) < 4.78 is 9.21. The van der Waals surface area contributed by atoms with Gasteiger partial charge < -0.3 is 18.8 Å². The Kier molecular flexibility index (Phi) is 9.56. The van der Waals surface area contributed by atoms with E-state index in [1.54, 1.807) is 0 Å². The van der Waals surface area contributed by atoms with Gasteiger partial charge in [-0.15, -0.1) is 0 Å². The molecule has 0 saturated heterocycles. The highest BCUT2D eigenvalue weighted by atomic mass is 16.3. The maximum Gasteiger partial charge on any atom is 0.252 e. The molecular weight excluding hydrogens is 946 g/mol. The first-order valence-corrected chi connectivity index (χ1v) is 27.5. The van der Waals surface area contributed by atoms with Crippen molar-refractivity contribution in [2.75, 3.05) is 9.80 Å². The molecule has 2 aliphatic heterocycles. The minimum Gasteiger partial charge on any atom is -0.456 e. The number of aromatic nitrogens is 1. The minimum atomic E-state index is -0.0948. The van der Waals surface area contributed by atoms with E-state index in [4.69, 9.17) is 4.42 Å². The first-order valence-electron chi connectivity index (χ1n) is 27.5. The molecular formula is C73H54BN3O. The Balaban J connectivity index is 0.993. The van der Waals surface area contributed by atoms with Crippen molar-refractivity contribution in [2.45, 2.75) is 44.9 Å². The predicted molar refractivity (Wildman–Crippen MR) is 329 cm³/mol. The van der Waals surface area contributed by atoms with Crippen LogP contribution in [-0.4, -0.2) is 11.3 Å². The van der Waals surface area contributed by atoms with Crippen molar-refractivity contribution in [3.63, 3.8) is 0 Å². The number of nitrogens with zero attached hydrogens (tertiary/aromatic N) is 3. The zero-order valence-electron chi connectivity index (χ0n) is 44.1. The first-order chi connectivity index (χ1) is 38.1. The van der Waals surface area contributed by atoms with Crippen molar-refractivity contribution < 1.29 is 4.42 Å². The average Bonchev–Trinajstić information content (AvgIpc) is 3.45. The van der Waals surface area contributed by atoms with Gasteiger partial charge in [0, 0.05) is 61.7 Å². The third kappa shape index (κ3) is 6.67. The standard InChI is InChI=1S/C73H54BN3O/c1-72(2)45-73(3,4)60-39-49(29-36-59(60)72)48-27-32-52(33-28-48)75-65-40-50(46-17-7-5-8-18-46)30-37-61(65)74-62-38-31-51(47-19-9-6-10-20-47)41-66(62)76(53-34-35-58-57-23-13-16-26-69(57)78-70(58)44-53)68-43-54(42-67(75)71(68)74)77-63-24-14-11-21-55(63)56-22-12-15-25-64(56)77/h5-44H,45H2,1-4H3. The summed E-state index contributed by atoms with van der Waals surface area (Å²) in [5.74, 6) is 0. The summed E-state index contributed by atoms with van der Waals surface area (Å²) in [6.45, 7) is 9.51. The van der Waals surface area contributed by atoms with E-state index < -0.39 is 0 Å². The molecule has 4 nitrogen and oxygen atoms in total. The highest BCUT2D eigenvalue weighted by Crippen LogP contribution is 2.52. The molecule has 0 radical (unpaired) electrons. The number of fused-ring (bicyclic) bond motifs is 11. The van der Waals surface area contributed by atoms with Crippen LogP contribution in [0.4, 0.5) is 34.1 Å². The van der Waals surface area contributed by atoms with Gasteiger partial charge in [-0.1, -0.05) is 198 Å². The van der Waals surface area contributed by atoms with Gasteiger partial charge in [-0.3, -0.25) is 0 Å². The summed E-state index contributed by atoms with van der Waals surface area (Å²) in [5, 5.41) is 4.68. The summed E-state index contributed by atoms with van der Waals surface area (Å²) >= 11 is 0. The lowest BCUT2D eigenvalue weighted by Crippen LogP contribution is -2.61. The lowest BCUT2D eigenvalue weighted by molar-refractivity contribution is 0.403. The lowest BCUT2D eigenvalue weighted by Gasteiger charge is -2.44. The Hall–Kier alpha value is -9.32. The summed E-state index contributed by atoms with van der Waals surface area (Å²) in [5.41, 5.74) is 26.0. The topological polar surface area (TPSA) is 24.6 Å².